The summed E-state index contributed by atoms with van der Waals surface area (Å²) in [6.07, 6.45) is 3.11. The average Bonchev–Trinajstić information content (AvgIpc) is 2.91. The van der Waals surface area contributed by atoms with E-state index in [1.165, 1.54) is 10.6 Å². The zero-order chi connectivity index (χ0) is 15.9. The van der Waals surface area contributed by atoms with Crippen LogP contribution in [0.2, 0.25) is 0 Å². The van der Waals surface area contributed by atoms with Gasteiger partial charge in [-0.25, -0.2) is 18.4 Å². The van der Waals surface area contributed by atoms with Crippen LogP contribution >= 0.6 is 0 Å². The van der Waals surface area contributed by atoms with Crippen molar-refractivity contribution in [2.24, 2.45) is 0 Å². The summed E-state index contributed by atoms with van der Waals surface area (Å²) in [5.41, 5.74) is 3.23. The highest BCUT2D eigenvalue weighted by Gasteiger charge is 2.32. The number of benzene rings is 1. The molecule has 6 nitrogen and oxygen atoms in total. The van der Waals surface area contributed by atoms with Gasteiger partial charge in [-0.15, -0.1) is 0 Å². The number of rotatable bonds is 3. The minimum atomic E-state index is -3.57. The maximum absolute atomic E-state index is 12.8. The van der Waals surface area contributed by atoms with Crippen LogP contribution in [0.1, 0.15) is 22.4 Å². The van der Waals surface area contributed by atoms with Gasteiger partial charge in [0.25, 0.3) is 0 Å². The number of aryl methyl sites for hydroxylation is 2. The van der Waals surface area contributed by atoms with Crippen molar-refractivity contribution in [3.05, 3.63) is 47.0 Å². The lowest BCUT2D eigenvalue weighted by Gasteiger charge is -2.17. The molecular formula is C15H17N3O3S. The Morgan fingerprint density at radius 3 is 2.45 bits per heavy atom. The van der Waals surface area contributed by atoms with Crippen LogP contribution in [0.25, 0.3) is 0 Å². The fourth-order valence-corrected chi connectivity index (χ4v) is 4.32. The van der Waals surface area contributed by atoms with E-state index in [1.54, 1.807) is 25.4 Å². The second-order valence-electron chi connectivity index (χ2n) is 5.36. The largest absolute Gasteiger partial charge is 0.496 e. The Morgan fingerprint density at radius 1 is 1.18 bits per heavy atom. The molecule has 2 heterocycles. The van der Waals surface area contributed by atoms with Crippen LogP contribution in [0.15, 0.2) is 29.6 Å². The molecule has 2 aromatic rings. The number of methoxy groups -OCH3 is 1. The molecule has 0 amide bonds. The molecule has 22 heavy (non-hydrogen) atoms. The number of sulfonamides is 1. The summed E-state index contributed by atoms with van der Waals surface area (Å²) in [4.78, 5) is 8.37. The summed E-state index contributed by atoms with van der Waals surface area (Å²) in [7, 11) is -1.98. The van der Waals surface area contributed by atoms with E-state index in [0.29, 0.717) is 6.54 Å². The van der Waals surface area contributed by atoms with Crippen molar-refractivity contribution >= 4 is 10.0 Å². The molecule has 0 atom stereocenters. The molecular weight excluding hydrogens is 302 g/mol. The third kappa shape index (κ3) is 2.36. The third-order valence-electron chi connectivity index (χ3n) is 3.83. The maximum atomic E-state index is 12.8. The Labute approximate surface area is 129 Å². The normalized spacial score (nSPS) is 14.9. The van der Waals surface area contributed by atoms with Gasteiger partial charge in [0, 0.05) is 18.3 Å². The molecule has 0 spiro atoms. The van der Waals surface area contributed by atoms with E-state index >= 15 is 0 Å². The second kappa shape index (κ2) is 5.33. The third-order valence-corrected chi connectivity index (χ3v) is 5.60. The van der Waals surface area contributed by atoms with Crippen LogP contribution < -0.4 is 4.74 Å². The first-order chi connectivity index (χ1) is 10.4. The van der Waals surface area contributed by atoms with Crippen LogP contribution in [0.3, 0.4) is 0 Å². The van der Waals surface area contributed by atoms with Crippen molar-refractivity contribution in [1.29, 1.82) is 0 Å². The Bertz CT molecular complexity index is 786. The molecule has 0 saturated heterocycles. The standard InChI is InChI=1S/C15H17N3O3S/c1-10-4-13(5-11(2)15(10)21-3)22(19,20)18-7-12-6-16-9-17-14(12)8-18/h4-6,9H,7-8H2,1-3H3. The number of fused-ring (bicyclic) bond motifs is 1. The van der Waals surface area contributed by atoms with Gasteiger partial charge in [-0.05, 0) is 37.1 Å². The van der Waals surface area contributed by atoms with Crippen LogP contribution in [-0.4, -0.2) is 29.8 Å². The van der Waals surface area contributed by atoms with Gasteiger partial charge in [0.05, 0.1) is 24.2 Å². The van der Waals surface area contributed by atoms with E-state index in [4.69, 9.17) is 4.74 Å². The van der Waals surface area contributed by atoms with Crippen molar-refractivity contribution in [1.82, 2.24) is 14.3 Å². The molecule has 116 valence electrons. The fraction of sp³-hybridized carbons (Fsp3) is 0.333. The number of nitrogens with zero attached hydrogens (tertiary/aromatic N) is 3. The smallest absolute Gasteiger partial charge is 0.243 e. The second-order valence-corrected chi connectivity index (χ2v) is 7.30. The molecule has 0 N–H and O–H groups in total. The molecule has 0 radical (unpaired) electrons. The van der Waals surface area contributed by atoms with E-state index in [-0.39, 0.29) is 11.4 Å². The lowest BCUT2D eigenvalue weighted by atomic mass is 10.1. The van der Waals surface area contributed by atoms with Crippen LogP contribution in [0, 0.1) is 13.8 Å². The van der Waals surface area contributed by atoms with Gasteiger partial charge in [0.1, 0.15) is 12.1 Å². The summed E-state index contributed by atoms with van der Waals surface area (Å²) >= 11 is 0. The molecule has 0 fully saturated rings. The summed E-state index contributed by atoms with van der Waals surface area (Å²) in [5, 5.41) is 0. The minimum absolute atomic E-state index is 0.282. The summed E-state index contributed by atoms with van der Waals surface area (Å²) in [6, 6.07) is 3.30. The van der Waals surface area contributed by atoms with Gasteiger partial charge < -0.3 is 4.74 Å². The monoisotopic (exact) mass is 319 g/mol. The molecule has 1 aliphatic heterocycles. The first-order valence-corrected chi connectivity index (χ1v) is 8.30. The van der Waals surface area contributed by atoms with Crippen molar-refractivity contribution < 1.29 is 13.2 Å². The summed E-state index contributed by atoms with van der Waals surface area (Å²) in [5.74, 6) is 0.717. The van der Waals surface area contributed by atoms with Crippen LogP contribution in [0.4, 0.5) is 0 Å². The van der Waals surface area contributed by atoms with Gasteiger partial charge in [0.15, 0.2) is 0 Å². The highest BCUT2D eigenvalue weighted by atomic mass is 32.2. The number of ether oxygens (including phenoxy) is 1. The molecule has 1 aliphatic rings. The molecule has 0 saturated carbocycles. The first kappa shape index (κ1) is 14.9. The Hall–Kier alpha value is -1.99. The van der Waals surface area contributed by atoms with Crippen molar-refractivity contribution in [2.45, 2.75) is 31.8 Å². The van der Waals surface area contributed by atoms with E-state index in [2.05, 4.69) is 9.97 Å². The Balaban J connectivity index is 1.99. The lowest BCUT2D eigenvalue weighted by molar-refractivity contribution is 0.407. The van der Waals surface area contributed by atoms with Gasteiger partial charge in [-0.2, -0.15) is 4.31 Å². The Kier molecular flexibility index (Phi) is 3.62. The maximum Gasteiger partial charge on any atom is 0.243 e. The van der Waals surface area contributed by atoms with Crippen molar-refractivity contribution in [3.63, 3.8) is 0 Å². The average molecular weight is 319 g/mol. The van der Waals surface area contributed by atoms with Crippen LogP contribution in [-0.2, 0) is 23.1 Å². The molecule has 0 unspecified atom stereocenters. The fourth-order valence-electron chi connectivity index (χ4n) is 2.77. The van der Waals surface area contributed by atoms with E-state index in [1.807, 2.05) is 13.8 Å². The van der Waals surface area contributed by atoms with Gasteiger partial charge in [-0.3, -0.25) is 0 Å². The van der Waals surface area contributed by atoms with E-state index in [9.17, 15) is 8.42 Å². The number of aromatic nitrogens is 2. The Morgan fingerprint density at radius 2 is 1.86 bits per heavy atom. The lowest BCUT2D eigenvalue weighted by Crippen LogP contribution is -2.26. The van der Waals surface area contributed by atoms with E-state index < -0.39 is 10.0 Å². The topological polar surface area (TPSA) is 72.4 Å². The highest BCUT2D eigenvalue weighted by molar-refractivity contribution is 7.89. The van der Waals surface area contributed by atoms with Gasteiger partial charge in [0.2, 0.25) is 10.0 Å². The number of hydrogen-bond acceptors (Lipinski definition) is 5. The summed E-state index contributed by atoms with van der Waals surface area (Å²) < 4.78 is 32.4. The molecule has 7 heteroatoms. The predicted molar refractivity (Wildman–Crippen MR) is 80.9 cm³/mol. The zero-order valence-corrected chi connectivity index (χ0v) is 13.5. The summed E-state index contributed by atoms with van der Waals surface area (Å²) in [6.45, 7) is 4.27. The zero-order valence-electron chi connectivity index (χ0n) is 12.7. The number of hydrogen-bond donors (Lipinski definition) is 0. The molecule has 0 aliphatic carbocycles. The highest BCUT2D eigenvalue weighted by Crippen LogP contribution is 2.31. The molecule has 3 rings (SSSR count). The molecule has 1 aromatic carbocycles. The van der Waals surface area contributed by atoms with Crippen molar-refractivity contribution in [2.75, 3.05) is 7.11 Å². The molecule has 1 aromatic heterocycles. The minimum Gasteiger partial charge on any atom is -0.496 e. The predicted octanol–water partition coefficient (Wildman–Crippen LogP) is 1.81. The first-order valence-electron chi connectivity index (χ1n) is 6.86. The van der Waals surface area contributed by atoms with E-state index in [0.717, 1.165) is 28.1 Å². The van der Waals surface area contributed by atoms with Crippen LogP contribution in [0.5, 0.6) is 5.75 Å². The van der Waals surface area contributed by atoms with Gasteiger partial charge >= 0.3 is 0 Å². The van der Waals surface area contributed by atoms with Gasteiger partial charge in [-0.1, -0.05) is 0 Å². The molecule has 0 bridgehead atoms. The van der Waals surface area contributed by atoms with Crippen molar-refractivity contribution in [3.8, 4) is 5.75 Å². The quantitative estimate of drug-likeness (QED) is 0.862. The SMILES string of the molecule is COc1c(C)cc(S(=O)(=O)N2Cc3cncnc3C2)cc1C.